The molecule has 280 valence electrons. The molecule has 0 aliphatic heterocycles. The number of aromatic nitrogens is 2. The van der Waals surface area contributed by atoms with E-state index in [-0.39, 0.29) is 5.41 Å². The molecule has 0 spiro atoms. The first-order chi connectivity index (χ1) is 29.6. The number of nitrogens with zero attached hydrogens (tertiary/aromatic N) is 2. The minimum Gasteiger partial charge on any atom is -0.436 e. The Labute approximate surface area is 347 Å². The molecule has 0 N–H and O–H groups in total. The maximum atomic E-state index is 6.09. The number of hydrogen-bond acceptors (Lipinski definition) is 2. The van der Waals surface area contributed by atoms with Crippen molar-refractivity contribution in [3.8, 4) is 61.6 Å². The van der Waals surface area contributed by atoms with Crippen LogP contribution in [0.5, 0.6) is 0 Å². The summed E-state index contributed by atoms with van der Waals surface area (Å²) in [5.41, 5.74) is 22.8. The zero-order valence-corrected chi connectivity index (χ0v) is 32.9. The number of hydrogen-bond donors (Lipinski definition) is 0. The zero-order chi connectivity index (χ0) is 39.5. The van der Waals surface area contributed by atoms with Crippen molar-refractivity contribution in [1.82, 2.24) is 9.55 Å². The van der Waals surface area contributed by atoms with Crippen molar-refractivity contribution in [2.24, 2.45) is 0 Å². The smallest absolute Gasteiger partial charge is 0.227 e. The van der Waals surface area contributed by atoms with Gasteiger partial charge in [0, 0.05) is 27.4 Å². The Morgan fingerprint density at radius 2 is 1.07 bits per heavy atom. The van der Waals surface area contributed by atoms with Crippen LogP contribution in [-0.4, -0.2) is 9.55 Å². The van der Waals surface area contributed by atoms with Crippen LogP contribution in [0.25, 0.3) is 100 Å². The molecular formula is C57H36N2O. The number of oxazole rings is 1. The highest BCUT2D eigenvalue weighted by Crippen LogP contribution is 2.60. The summed E-state index contributed by atoms with van der Waals surface area (Å²) in [6, 6.07) is 65.9. The first kappa shape index (κ1) is 33.2. The van der Waals surface area contributed by atoms with Crippen LogP contribution in [0.2, 0.25) is 0 Å². The highest BCUT2D eigenvalue weighted by Gasteiger charge is 2.48. The number of para-hydroxylation sites is 3. The molecule has 0 fully saturated rings. The van der Waals surface area contributed by atoms with Gasteiger partial charge >= 0.3 is 0 Å². The molecule has 10 aromatic rings. The van der Waals surface area contributed by atoms with E-state index in [1.807, 2.05) is 24.3 Å². The van der Waals surface area contributed by atoms with E-state index >= 15 is 0 Å². The van der Waals surface area contributed by atoms with Gasteiger partial charge < -0.3 is 8.98 Å². The molecule has 0 saturated carbocycles. The lowest BCUT2D eigenvalue weighted by atomic mass is 9.67. The van der Waals surface area contributed by atoms with Gasteiger partial charge in [0.25, 0.3) is 0 Å². The molecule has 8 aromatic carbocycles. The molecular weight excluding hydrogens is 729 g/mol. The molecule has 60 heavy (non-hydrogen) atoms. The van der Waals surface area contributed by atoms with Gasteiger partial charge in [-0.2, -0.15) is 0 Å². The van der Waals surface area contributed by atoms with Crippen molar-refractivity contribution in [2.45, 2.75) is 12.3 Å². The minimum atomic E-state index is 0.00424. The van der Waals surface area contributed by atoms with Gasteiger partial charge in [0.05, 0.1) is 11.0 Å². The maximum Gasteiger partial charge on any atom is 0.227 e. The maximum absolute atomic E-state index is 6.09. The summed E-state index contributed by atoms with van der Waals surface area (Å²) < 4.78 is 8.50. The molecule has 0 saturated heterocycles. The van der Waals surface area contributed by atoms with Gasteiger partial charge in [-0.05, 0) is 146 Å². The molecule has 0 bridgehead atoms. The summed E-state index contributed by atoms with van der Waals surface area (Å²) in [5, 5.41) is 2.47. The van der Waals surface area contributed by atoms with E-state index in [0.29, 0.717) is 5.89 Å². The fourth-order valence-electron chi connectivity index (χ4n) is 10.3. The van der Waals surface area contributed by atoms with Gasteiger partial charge in [-0.25, -0.2) is 4.98 Å². The van der Waals surface area contributed by atoms with E-state index in [1.165, 1.54) is 88.6 Å². The molecule has 3 heteroatoms. The van der Waals surface area contributed by atoms with E-state index in [4.69, 9.17) is 9.40 Å². The van der Waals surface area contributed by atoms with Crippen molar-refractivity contribution in [3.05, 3.63) is 222 Å². The Kier molecular flexibility index (Phi) is 6.86. The van der Waals surface area contributed by atoms with Gasteiger partial charge in [0.1, 0.15) is 5.52 Å². The predicted molar refractivity (Wildman–Crippen MR) is 247 cm³/mol. The molecule has 3 aliphatic rings. The summed E-state index contributed by atoms with van der Waals surface area (Å²) in [6.45, 7) is 2.38. The average molecular weight is 765 g/mol. The molecule has 3 nitrogen and oxygen atoms in total. The molecule has 0 amide bonds. The summed E-state index contributed by atoms with van der Waals surface area (Å²) in [5.74, 6) is 0.631. The SMILES string of the molecule is CC12C=C3C=CC(=C31)c1ccc(-c3ccc4c(c3)c3cc(-c5ccccc5-c5ccccc5-c5ccc(-c6nc7ccccc7o6)cc5)ccc3n4-c3ccccc3)cc12. The third-order valence-corrected chi connectivity index (χ3v) is 13.1. The Balaban J connectivity index is 0.932. The van der Waals surface area contributed by atoms with E-state index in [1.54, 1.807) is 0 Å². The quantitative estimate of drug-likeness (QED) is 0.169. The molecule has 3 aliphatic carbocycles. The Morgan fingerprint density at radius 3 is 1.82 bits per heavy atom. The Bertz CT molecular complexity index is 3510. The lowest BCUT2D eigenvalue weighted by molar-refractivity contribution is 0.620. The van der Waals surface area contributed by atoms with Crippen molar-refractivity contribution < 1.29 is 4.42 Å². The van der Waals surface area contributed by atoms with Crippen LogP contribution in [0.4, 0.5) is 0 Å². The Morgan fingerprint density at radius 1 is 0.483 bits per heavy atom. The minimum absolute atomic E-state index is 0.00424. The van der Waals surface area contributed by atoms with E-state index in [9.17, 15) is 0 Å². The topological polar surface area (TPSA) is 31.0 Å². The van der Waals surface area contributed by atoms with Gasteiger partial charge in [-0.1, -0.05) is 133 Å². The van der Waals surface area contributed by atoms with E-state index in [2.05, 4.69) is 187 Å². The standard InChI is InChI=1S/C57H36N2O/c1-57-34-40-24-28-47(55(40)57)46-27-23-38(33-50(46)57)37-25-29-52-48(31-37)49-32-39(26-30-53(49)59(52)41-11-3-2-4-12-41)43-14-6-8-16-45(43)44-15-7-5-13-42(44)35-19-21-36(22-20-35)56-58-51-17-9-10-18-54(51)60-56/h2-34H,1H3. The number of fused-ring (bicyclic) bond motifs is 7. The third kappa shape index (κ3) is 4.75. The highest BCUT2D eigenvalue weighted by atomic mass is 16.3. The van der Waals surface area contributed by atoms with Gasteiger partial charge in [-0.15, -0.1) is 0 Å². The second-order valence-corrected chi connectivity index (χ2v) is 16.5. The Hall–Kier alpha value is -7.75. The molecule has 13 rings (SSSR count). The average Bonchev–Trinajstić information content (AvgIpc) is 4.04. The summed E-state index contributed by atoms with van der Waals surface area (Å²) in [4.78, 5) is 4.73. The van der Waals surface area contributed by atoms with Gasteiger partial charge in [0.15, 0.2) is 5.58 Å². The number of allylic oxidation sites excluding steroid dienone is 6. The number of benzene rings is 8. The molecule has 1 atom stereocenters. The van der Waals surface area contributed by atoms with Crippen LogP contribution in [0.3, 0.4) is 0 Å². The van der Waals surface area contributed by atoms with Crippen LogP contribution < -0.4 is 0 Å². The lowest BCUT2D eigenvalue weighted by Crippen LogP contribution is -2.28. The fourth-order valence-corrected chi connectivity index (χ4v) is 10.3. The molecule has 2 heterocycles. The predicted octanol–water partition coefficient (Wildman–Crippen LogP) is 14.8. The van der Waals surface area contributed by atoms with Crippen LogP contribution >= 0.6 is 0 Å². The summed E-state index contributed by atoms with van der Waals surface area (Å²) in [6.07, 6.45) is 7.01. The summed E-state index contributed by atoms with van der Waals surface area (Å²) in [7, 11) is 0. The van der Waals surface area contributed by atoms with Crippen LogP contribution in [0, 0.1) is 0 Å². The monoisotopic (exact) mass is 764 g/mol. The van der Waals surface area contributed by atoms with Crippen molar-refractivity contribution >= 4 is 38.5 Å². The zero-order valence-electron chi connectivity index (χ0n) is 32.9. The second-order valence-electron chi connectivity index (χ2n) is 16.5. The first-order valence-electron chi connectivity index (χ1n) is 20.7. The van der Waals surface area contributed by atoms with E-state index in [0.717, 1.165) is 27.9 Å². The lowest BCUT2D eigenvalue weighted by Gasteiger charge is -2.35. The second kappa shape index (κ2) is 12.4. The highest BCUT2D eigenvalue weighted by molar-refractivity contribution is 6.12. The van der Waals surface area contributed by atoms with Crippen molar-refractivity contribution in [1.29, 1.82) is 0 Å². The van der Waals surface area contributed by atoms with Crippen molar-refractivity contribution in [2.75, 3.05) is 0 Å². The van der Waals surface area contributed by atoms with Crippen LogP contribution in [0.15, 0.2) is 216 Å². The fraction of sp³-hybridized carbons (Fsp3) is 0.0351. The van der Waals surface area contributed by atoms with Crippen LogP contribution in [-0.2, 0) is 5.41 Å². The van der Waals surface area contributed by atoms with E-state index < -0.39 is 0 Å². The summed E-state index contributed by atoms with van der Waals surface area (Å²) >= 11 is 0. The van der Waals surface area contributed by atoms with Gasteiger partial charge in [-0.3, -0.25) is 0 Å². The molecule has 0 radical (unpaired) electrons. The normalized spacial score (nSPS) is 16.1. The largest absolute Gasteiger partial charge is 0.436 e. The van der Waals surface area contributed by atoms with Crippen LogP contribution in [0.1, 0.15) is 18.1 Å². The number of rotatable bonds is 6. The van der Waals surface area contributed by atoms with Gasteiger partial charge in [0.2, 0.25) is 5.89 Å². The third-order valence-electron chi connectivity index (χ3n) is 13.1. The van der Waals surface area contributed by atoms with Crippen molar-refractivity contribution in [3.63, 3.8) is 0 Å². The molecule has 2 aromatic heterocycles. The first-order valence-corrected chi connectivity index (χ1v) is 20.7. The molecule has 1 unspecified atom stereocenters.